The second-order valence-electron chi connectivity index (χ2n) is 3.94. The Labute approximate surface area is 108 Å². The summed E-state index contributed by atoms with van der Waals surface area (Å²) in [7, 11) is 0. The summed E-state index contributed by atoms with van der Waals surface area (Å²) in [4.78, 5) is 4.23. The van der Waals surface area contributed by atoms with Crippen molar-refractivity contribution in [3.8, 4) is 5.75 Å². The number of ether oxygens (including phenoxy) is 1. The molecular weight excluding hydrogens is 284 g/mol. The number of benzene rings is 1. The molecule has 90 valence electrons. The van der Waals surface area contributed by atoms with Gasteiger partial charge in [0.15, 0.2) is 12.4 Å². The highest BCUT2D eigenvalue weighted by Crippen LogP contribution is 2.17. The summed E-state index contributed by atoms with van der Waals surface area (Å²) < 4.78 is 11.6. The SMILES string of the molecule is CC(C)c1noc(COc2ccc(Br)cc2)n1. The van der Waals surface area contributed by atoms with E-state index in [1.165, 1.54) is 0 Å². The van der Waals surface area contributed by atoms with Crippen LogP contribution in [0.1, 0.15) is 31.5 Å². The maximum Gasteiger partial charge on any atom is 0.264 e. The van der Waals surface area contributed by atoms with Gasteiger partial charge in [-0.05, 0) is 24.3 Å². The molecule has 4 nitrogen and oxygen atoms in total. The molecule has 0 aliphatic heterocycles. The van der Waals surface area contributed by atoms with Gasteiger partial charge in [0, 0.05) is 10.4 Å². The largest absolute Gasteiger partial charge is 0.484 e. The smallest absolute Gasteiger partial charge is 0.264 e. The lowest BCUT2D eigenvalue weighted by Gasteiger charge is -2.02. The zero-order chi connectivity index (χ0) is 12.3. The van der Waals surface area contributed by atoms with Gasteiger partial charge in [-0.25, -0.2) is 0 Å². The fourth-order valence-corrected chi connectivity index (χ4v) is 1.50. The van der Waals surface area contributed by atoms with Gasteiger partial charge in [-0.1, -0.05) is 34.9 Å². The van der Waals surface area contributed by atoms with Crippen molar-refractivity contribution in [3.63, 3.8) is 0 Å². The highest BCUT2D eigenvalue weighted by atomic mass is 79.9. The van der Waals surface area contributed by atoms with Crippen molar-refractivity contribution in [2.45, 2.75) is 26.4 Å². The lowest BCUT2D eigenvalue weighted by Crippen LogP contribution is -1.96. The molecule has 0 saturated heterocycles. The Kier molecular flexibility index (Phi) is 3.78. The highest BCUT2D eigenvalue weighted by molar-refractivity contribution is 9.10. The molecule has 0 unspecified atom stereocenters. The van der Waals surface area contributed by atoms with Crippen molar-refractivity contribution in [2.24, 2.45) is 0 Å². The average Bonchev–Trinajstić information content (AvgIpc) is 2.77. The van der Waals surface area contributed by atoms with Crippen molar-refractivity contribution < 1.29 is 9.26 Å². The molecule has 1 heterocycles. The average molecular weight is 297 g/mol. The van der Waals surface area contributed by atoms with E-state index in [9.17, 15) is 0 Å². The molecule has 0 aliphatic carbocycles. The van der Waals surface area contributed by atoms with Gasteiger partial charge in [0.2, 0.25) is 0 Å². The molecule has 0 radical (unpaired) electrons. The fraction of sp³-hybridized carbons (Fsp3) is 0.333. The lowest BCUT2D eigenvalue weighted by atomic mass is 10.2. The first-order chi connectivity index (χ1) is 8.15. The summed E-state index contributed by atoms with van der Waals surface area (Å²) in [5, 5.41) is 3.87. The molecule has 17 heavy (non-hydrogen) atoms. The van der Waals surface area contributed by atoms with E-state index < -0.39 is 0 Å². The van der Waals surface area contributed by atoms with Crippen LogP contribution < -0.4 is 4.74 Å². The molecule has 0 amide bonds. The molecule has 0 aliphatic rings. The van der Waals surface area contributed by atoms with Gasteiger partial charge in [0.1, 0.15) is 5.75 Å². The van der Waals surface area contributed by atoms with E-state index in [0.29, 0.717) is 18.3 Å². The van der Waals surface area contributed by atoms with E-state index in [1.807, 2.05) is 38.1 Å². The van der Waals surface area contributed by atoms with Crippen molar-refractivity contribution in [1.82, 2.24) is 10.1 Å². The topological polar surface area (TPSA) is 48.2 Å². The molecule has 2 rings (SSSR count). The molecule has 0 fully saturated rings. The Hall–Kier alpha value is -1.36. The summed E-state index contributed by atoms with van der Waals surface area (Å²) >= 11 is 3.36. The minimum absolute atomic E-state index is 0.264. The van der Waals surface area contributed by atoms with Crippen LogP contribution in [0.25, 0.3) is 0 Å². The Bertz CT molecular complexity index is 480. The Balaban J connectivity index is 1.95. The molecule has 5 heteroatoms. The first-order valence-electron chi connectivity index (χ1n) is 5.36. The van der Waals surface area contributed by atoms with Crippen molar-refractivity contribution in [3.05, 3.63) is 40.5 Å². The van der Waals surface area contributed by atoms with Gasteiger partial charge in [-0.2, -0.15) is 4.98 Å². The second kappa shape index (κ2) is 5.31. The minimum Gasteiger partial charge on any atom is -0.484 e. The van der Waals surface area contributed by atoms with Gasteiger partial charge in [0.05, 0.1) is 0 Å². The van der Waals surface area contributed by atoms with E-state index >= 15 is 0 Å². The zero-order valence-corrected chi connectivity index (χ0v) is 11.3. The monoisotopic (exact) mass is 296 g/mol. The molecular formula is C12H13BrN2O2. The van der Waals surface area contributed by atoms with Crippen LogP contribution in [0.5, 0.6) is 5.75 Å². The van der Waals surface area contributed by atoms with Crippen LogP contribution in [0.4, 0.5) is 0 Å². The van der Waals surface area contributed by atoms with Crippen molar-refractivity contribution in [1.29, 1.82) is 0 Å². The molecule has 0 bridgehead atoms. The van der Waals surface area contributed by atoms with Crippen LogP contribution in [0.3, 0.4) is 0 Å². The van der Waals surface area contributed by atoms with Gasteiger partial charge >= 0.3 is 0 Å². The van der Waals surface area contributed by atoms with E-state index in [4.69, 9.17) is 9.26 Å². The molecule has 0 spiro atoms. The number of aromatic nitrogens is 2. The fourth-order valence-electron chi connectivity index (χ4n) is 1.24. The van der Waals surface area contributed by atoms with Crippen LogP contribution in [-0.4, -0.2) is 10.1 Å². The van der Waals surface area contributed by atoms with Gasteiger partial charge in [-0.3, -0.25) is 0 Å². The molecule has 0 atom stereocenters. The normalized spacial score (nSPS) is 10.8. The minimum atomic E-state index is 0.264. The Morgan fingerprint density at radius 3 is 2.59 bits per heavy atom. The summed E-state index contributed by atoms with van der Waals surface area (Å²) in [6.45, 7) is 4.33. The summed E-state index contributed by atoms with van der Waals surface area (Å²) in [5.74, 6) is 2.24. The van der Waals surface area contributed by atoms with Crippen LogP contribution in [0.2, 0.25) is 0 Å². The summed E-state index contributed by atoms with van der Waals surface area (Å²) in [6.07, 6.45) is 0. The van der Waals surface area contributed by atoms with Gasteiger partial charge in [-0.15, -0.1) is 0 Å². The summed E-state index contributed by atoms with van der Waals surface area (Å²) in [5.41, 5.74) is 0. The lowest BCUT2D eigenvalue weighted by molar-refractivity contribution is 0.242. The molecule has 1 aromatic carbocycles. The number of rotatable bonds is 4. The number of hydrogen-bond acceptors (Lipinski definition) is 4. The van der Waals surface area contributed by atoms with Gasteiger partial charge in [0.25, 0.3) is 5.89 Å². The Morgan fingerprint density at radius 2 is 2.00 bits per heavy atom. The Morgan fingerprint density at radius 1 is 1.29 bits per heavy atom. The molecule has 0 N–H and O–H groups in total. The maximum atomic E-state index is 5.52. The van der Waals surface area contributed by atoms with E-state index in [2.05, 4.69) is 26.1 Å². The maximum absolute atomic E-state index is 5.52. The third-order valence-electron chi connectivity index (χ3n) is 2.18. The zero-order valence-electron chi connectivity index (χ0n) is 9.68. The first kappa shape index (κ1) is 12.1. The van der Waals surface area contributed by atoms with Crippen LogP contribution in [0.15, 0.2) is 33.3 Å². The van der Waals surface area contributed by atoms with Crippen LogP contribution >= 0.6 is 15.9 Å². The van der Waals surface area contributed by atoms with E-state index in [0.717, 1.165) is 10.2 Å². The molecule has 2 aromatic rings. The van der Waals surface area contributed by atoms with Crippen molar-refractivity contribution in [2.75, 3.05) is 0 Å². The first-order valence-corrected chi connectivity index (χ1v) is 6.15. The number of nitrogens with zero attached hydrogens (tertiary/aromatic N) is 2. The molecule has 0 saturated carbocycles. The number of halogens is 1. The number of hydrogen-bond donors (Lipinski definition) is 0. The molecule has 1 aromatic heterocycles. The van der Waals surface area contributed by atoms with E-state index in [-0.39, 0.29) is 5.92 Å². The van der Waals surface area contributed by atoms with Crippen molar-refractivity contribution >= 4 is 15.9 Å². The van der Waals surface area contributed by atoms with Crippen LogP contribution in [-0.2, 0) is 6.61 Å². The van der Waals surface area contributed by atoms with Gasteiger partial charge < -0.3 is 9.26 Å². The quantitative estimate of drug-likeness (QED) is 0.866. The standard InChI is InChI=1S/C12H13BrN2O2/c1-8(2)12-14-11(17-15-12)7-16-10-5-3-9(13)4-6-10/h3-6,8H,7H2,1-2H3. The predicted molar refractivity (Wildman–Crippen MR) is 66.9 cm³/mol. The third-order valence-corrected chi connectivity index (χ3v) is 2.70. The third kappa shape index (κ3) is 3.30. The second-order valence-corrected chi connectivity index (χ2v) is 4.86. The summed E-state index contributed by atoms with van der Waals surface area (Å²) in [6, 6.07) is 7.60. The highest BCUT2D eigenvalue weighted by Gasteiger charge is 2.09. The van der Waals surface area contributed by atoms with E-state index in [1.54, 1.807) is 0 Å². The van der Waals surface area contributed by atoms with Crippen LogP contribution in [0, 0.1) is 0 Å². The predicted octanol–water partition coefficient (Wildman–Crippen LogP) is 3.53.